The molecule has 2 nitrogen and oxygen atoms in total. The first-order valence-corrected chi connectivity index (χ1v) is 5.01. The minimum atomic E-state index is 0.202. The summed E-state index contributed by atoms with van der Waals surface area (Å²) in [5.41, 5.74) is 1.58. The molecule has 13 heavy (non-hydrogen) atoms. The van der Waals surface area contributed by atoms with Gasteiger partial charge in [-0.2, -0.15) is 0 Å². The van der Waals surface area contributed by atoms with Crippen LogP contribution in [-0.2, 0) is 4.74 Å². The van der Waals surface area contributed by atoms with Crippen LogP contribution in [0.4, 0.5) is 0 Å². The van der Waals surface area contributed by atoms with E-state index in [2.05, 4.69) is 39.1 Å². The van der Waals surface area contributed by atoms with Crippen molar-refractivity contribution >= 4 is 0 Å². The Morgan fingerprint density at radius 3 is 2.69 bits per heavy atom. The number of nitrogens with one attached hydrogen (secondary N) is 1. The molecule has 0 saturated carbocycles. The topological polar surface area (TPSA) is 21.3 Å². The summed E-state index contributed by atoms with van der Waals surface area (Å²) in [7, 11) is 0. The molecule has 2 heteroatoms. The van der Waals surface area contributed by atoms with Crippen LogP contribution in [0, 0.1) is 5.41 Å². The molecule has 1 N–H and O–H groups in total. The van der Waals surface area contributed by atoms with Crippen molar-refractivity contribution in [3.63, 3.8) is 0 Å². The van der Waals surface area contributed by atoms with E-state index in [0.717, 1.165) is 19.6 Å². The standard InChI is InChI=1S/C11H21NO/c1-9(2)5-6-11(3,4)10-12-7-8-13-10/h5,10,12H,6-8H2,1-4H3/t10-/m1/s1. The monoisotopic (exact) mass is 183 g/mol. The van der Waals surface area contributed by atoms with Gasteiger partial charge in [0.1, 0.15) is 6.23 Å². The van der Waals surface area contributed by atoms with Crippen LogP contribution in [0.5, 0.6) is 0 Å². The Labute approximate surface area is 81.4 Å². The van der Waals surface area contributed by atoms with Crippen molar-refractivity contribution in [1.29, 1.82) is 0 Å². The lowest BCUT2D eigenvalue weighted by atomic mass is 9.86. The van der Waals surface area contributed by atoms with Gasteiger partial charge in [0.25, 0.3) is 0 Å². The fourth-order valence-electron chi connectivity index (χ4n) is 1.50. The molecule has 1 fully saturated rings. The molecule has 0 amide bonds. The third-order valence-corrected chi connectivity index (χ3v) is 2.46. The van der Waals surface area contributed by atoms with Gasteiger partial charge in [-0.25, -0.2) is 0 Å². The molecule has 1 aliphatic heterocycles. The van der Waals surface area contributed by atoms with E-state index < -0.39 is 0 Å². The summed E-state index contributed by atoms with van der Waals surface area (Å²) < 4.78 is 5.61. The average Bonchev–Trinajstić information content (AvgIpc) is 2.53. The zero-order chi connectivity index (χ0) is 9.90. The molecule has 0 spiro atoms. The van der Waals surface area contributed by atoms with Gasteiger partial charge in [-0.15, -0.1) is 0 Å². The Balaban J connectivity index is 2.48. The van der Waals surface area contributed by atoms with Gasteiger partial charge in [0.15, 0.2) is 0 Å². The number of hydrogen-bond acceptors (Lipinski definition) is 2. The fraction of sp³-hybridized carbons (Fsp3) is 0.818. The van der Waals surface area contributed by atoms with Crippen molar-refractivity contribution < 1.29 is 4.74 Å². The molecule has 0 aromatic carbocycles. The summed E-state index contributed by atoms with van der Waals surface area (Å²) in [4.78, 5) is 0. The molecule has 1 rings (SSSR count). The van der Waals surface area contributed by atoms with Crippen LogP contribution in [0.25, 0.3) is 0 Å². The Hall–Kier alpha value is -0.340. The zero-order valence-electron chi connectivity index (χ0n) is 9.18. The van der Waals surface area contributed by atoms with Gasteiger partial charge in [-0.1, -0.05) is 25.5 Å². The van der Waals surface area contributed by atoms with E-state index in [9.17, 15) is 0 Å². The van der Waals surface area contributed by atoms with E-state index in [1.165, 1.54) is 5.57 Å². The highest BCUT2D eigenvalue weighted by Gasteiger charge is 2.31. The van der Waals surface area contributed by atoms with E-state index in [0.29, 0.717) is 0 Å². The lowest BCUT2D eigenvalue weighted by molar-refractivity contribution is 0.00896. The fourth-order valence-corrected chi connectivity index (χ4v) is 1.50. The van der Waals surface area contributed by atoms with Crippen molar-refractivity contribution in [3.8, 4) is 0 Å². The van der Waals surface area contributed by atoms with Gasteiger partial charge in [-0.3, -0.25) is 5.32 Å². The first-order valence-electron chi connectivity index (χ1n) is 5.01. The van der Waals surface area contributed by atoms with E-state index in [4.69, 9.17) is 4.74 Å². The summed E-state index contributed by atoms with van der Waals surface area (Å²) in [5.74, 6) is 0. The molecule has 0 aromatic rings. The van der Waals surface area contributed by atoms with Gasteiger partial charge >= 0.3 is 0 Å². The maximum Gasteiger partial charge on any atom is 0.113 e. The normalized spacial score (nSPS) is 23.2. The molecule has 0 bridgehead atoms. The summed E-state index contributed by atoms with van der Waals surface area (Å²) in [6.45, 7) is 10.6. The molecule has 0 aromatic heterocycles. The number of ether oxygens (including phenoxy) is 1. The second kappa shape index (κ2) is 4.25. The number of rotatable bonds is 3. The van der Waals surface area contributed by atoms with Crippen LogP contribution in [0.15, 0.2) is 11.6 Å². The quantitative estimate of drug-likeness (QED) is 0.678. The molecule has 1 aliphatic rings. The largest absolute Gasteiger partial charge is 0.361 e. The van der Waals surface area contributed by atoms with E-state index in [-0.39, 0.29) is 11.6 Å². The molecule has 0 aliphatic carbocycles. The molecule has 1 saturated heterocycles. The molecule has 0 radical (unpaired) electrons. The van der Waals surface area contributed by atoms with Crippen molar-refractivity contribution in [1.82, 2.24) is 5.32 Å². The summed E-state index contributed by atoms with van der Waals surface area (Å²) in [5, 5.41) is 3.37. The highest BCUT2D eigenvalue weighted by atomic mass is 16.5. The Kier molecular flexibility index (Phi) is 3.51. The molecule has 76 valence electrons. The van der Waals surface area contributed by atoms with Gasteiger partial charge in [0.2, 0.25) is 0 Å². The summed E-state index contributed by atoms with van der Waals surface area (Å²) in [6.07, 6.45) is 3.58. The summed E-state index contributed by atoms with van der Waals surface area (Å²) >= 11 is 0. The Bertz CT molecular complexity index is 186. The maximum atomic E-state index is 5.61. The SMILES string of the molecule is CC(C)=CCC(C)(C)[C@@H]1NCCO1. The minimum Gasteiger partial charge on any atom is -0.361 e. The van der Waals surface area contributed by atoms with E-state index >= 15 is 0 Å². The van der Waals surface area contributed by atoms with Crippen molar-refractivity contribution in [2.45, 2.75) is 40.3 Å². The van der Waals surface area contributed by atoms with Crippen molar-refractivity contribution in [2.75, 3.05) is 13.2 Å². The van der Waals surface area contributed by atoms with Crippen LogP contribution >= 0.6 is 0 Å². The zero-order valence-corrected chi connectivity index (χ0v) is 9.18. The lowest BCUT2D eigenvalue weighted by Gasteiger charge is -2.29. The highest BCUT2D eigenvalue weighted by Crippen LogP contribution is 2.28. The molecule has 1 atom stereocenters. The van der Waals surface area contributed by atoms with Gasteiger partial charge in [0, 0.05) is 12.0 Å². The second-order valence-electron chi connectivity index (χ2n) is 4.68. The predicted octanol–water partition coefficient (Wildman–Crippen LogP) is 2.31. The van der Waals surface area contributed by atoms with E-state index in [1.807, 2.05) is 0 Å². The number of allylic oxidation sites excluding steroid dienone is 2. The van der Waals surface area contributed by atoms with Crippen LogP contribution in [0.3, 0.4) is 0 Å². The van der Waals surface area contributed by atoms with Crippen LogP contribution in [0.2, 0.25) is 0 Å². The molecular formula is C11H21NO. The third-order valence-electron chi connectivity index (χ3n) is 2.46. The maximum absolute atomic E-state index is 5.61. The highest BCUT2D eigenvalue weighted by molar-refractivity contribution is 4.97. The van der Waals surface area contributed by atoms with Crippen LogP contribution in [-0.4, -0.2) is 19.4 Å². The first-order chi connectivity index (χ1) is 6.02. The summed E-state index contributed by atoms with van der Waals surface area (Å²) in [6, 6.07) is 0. The Morgan fingerprint density at radius 2 is 2.23 bits per heavy atom. The van der Waals surface area contributed by atoms with Crippen LogP contribution < -0.4 is 5.32 Å². The van der Waals surface area contributed by atoms with Gasteiger partial charge in [0.05, 0.1) is 6.61 Å². The van der Waals surface area contributed by atoms with Crippen molar-refractivity contribution in [3.05, 3.63) is 11.6 Å². The van der Waals surface area contributed by atoms with Crippen molar-refractivity contribution in [2.24, 2.45) is 5.41 Å². The number of hydrogen-bond donors (Lipinski definition) is 1. The first kappa shape index (κ1) is 10.7. The van der Waals surface area contributed by atoms with E-state index in [1.54, 1.807) is 0 Å². The van der Waals surface area contributed by atoms with Gasteiger partial charge < -0.3 is 4.74 Å². The third kappa shape index (κ3) is 3.12. The lowest BCUT2D eigenvalue weighted by Crippen LogP contribution is -2.38. The average molecular weight is 183 g/mol. The molecule has 0 unspecified atom stereocenters. The smallest absolute Gasteiger partial charge is 0.113 e. The van der Waals surface area contributed by atoms with Crippen LogP contribution in [0.1, 0.15) is 34.1 Å². The molecular weight excluding hydrogens is 162 g/mol. The Morgan fingerprint density at radius 1 is 1.54 bits per heavy atom. The molecule has 1 heterocycles. The van der Waals surface area contributed by atoms with Gasteiger partial charge in [-0.05, 0) is 20.3 Å². The minimum absolute atomic E-state index is 0.202. The second-order valence-corrected chi connectivity index (χ2v) is 4.68. The predicted molar refractivity (Wildman–Crippen MR) is 55.6 cm³/mol.